The van der Waals surface area contributed by atoms with Gasteiger partial charge in [-0.2, -0.15) is 20.1 Å². The zero-order valence-corrected chi connectivity index (χ0v) is 9.49. The molecule has 2 heterocycles. The molecular formula is C9H11N3S2. The van der Waals surface area contributed by atoms with Crippen LogP contribution in [0.1, 0.15) is 13.3 Å². The zero-order chi connectivity index (χ0) is 9.80. The Morgan fingerprint density at radius 2 is 2.36 bits per heavy atom. The summed E-state index contributed by atoms with van der Waals surface area (Å²) < 4.78 is 8.52. The number of hydrogen-bond donors (Lipinski definition) is 1. The van der Waals surface area contributed by atoms with E-state index in [9.17, 15) is 0 Å². The predicted molar refractivity (Wildman–Crippen MR) is 62.0 cm³/mol. The summed E-state index contributed by atoms with van der Waals surface area (Å²) in [6, 6.07) is 2.07. The number of hydrogen-bond acceptors (Lipinski definition) is 5. The van der Waals surface area contributed by atoms with Gasteiger partial charge in [0.2, 0.25) is 0 Å². The number of rotatable bonds is 4. The summed E-state index contributed by atoms with van der Waals surface area (Å²) in [4.78, 5) is 0. The number of nitrogens with zero attached hydrogens (tertiary/aromatic N) is 2. The number of thiophene rings is 1. The third-order valence-corrected chi connectivity index (χ3v) is 3.04. The predicted octanol–water partition coefficient (Wildman–Crippen LogP) is 3.09. The van der Waals surface area contributed by atoms with Crippen LogP contribution in [0.2, 0.25) is 0 Å². The van der Waals surface area contributed by atoms with E-state index in [4.69, 9.17) is 0 Å². The SMILES string of the molecule is CCCNc1nsnc1-c1ccsc1. The van der Waals surface area contributed by atoms with Crippen LogP contribution in [-0.2, 0) is 0 Å². The fraction of sp³-hybridized carbons (Fsp3) is 0.333. The van der Waals surface area contributed by atoms with Crippen molar-refractivity contribution in [3.63, 3.8) is 0 Å². The molecular weight excluding hydrogens is 214 g/mol. The van der Waals surface area contributed by atoms with E-state index in [0.717, 1.165) is 30.0 Å². The van der Waals surface area contributed by atoms with Crippen molar-refractivity contribution >= 4 is 28.9 Å². The summed E-state index contributed by atoms with van der Waals surface area (Å²) in [6.07, 6.45) is 1.10. The second-order valence-corrected chi connectivity index (χ2v) is 4.21. The second kappa shape index (κ2) is 4.52. The van der Waals surface area contributed by atoms with Crippen molar-refractivity contribution in [2.75, 3.05) is 11.9 Å². The van der Waals surface area contributed by atoms with Crippen molar-refractivity contribution in [1.82, 2.24) is 8.75 Å². The monoisotopic (exact) mass is 225 g/mol. The molecule has 0 unspecified atom stereocenters. The van der Waals surface area contributed by atoms with Crippen molar-refractivity contribution in [3.05, 3.63) is 16.8 Å². The van der Waals surface area contributed by atoms with Crippen LogP contribution >= 0.6 is 23.1 Å². The lowest BCUT2D eigenvalue weighted by atomic mass is 10.2. The van der Waals surface area contributed by atoms with E-state index in [2.05, 4.69) is 37.8 Å². The van der Waals surface area contributed by atoms with Gasteiger partial charge < -0.3 is 5.32 Å². The maximum absolute atomic E-state index is 4.29. The van der Waals surface area contributed by atoms with Gasteiger partial charge in [-0.3, -0.25) is 0 Å². The minimum atomic E-state index is 0.912. The van der Waals surface area contributed by atoms with Crippen LogP contribution in [0, 0.1) is 0 Å². The number of anilines is 1. The van der Waals surface area contributed by atoms with Crippen LogP contribution in [0.15, 0.2) is 16.8 Å². The van der Waals surface area contributed by atoms with Gasteiger partial charge in [0, 0.05) is 17.5 Å². The topological polar surface area (TPSA) is 37.8 Å². The average molecular weight is 225 g/mol. The molecule has 5 heteroatoms. The lowest BCUT2D eigenvalue weighted by Crippen LogP contribution is -2.00. The molecule has 0 saturated heterocycles. The molecule has 74 valence electrons. The van der Waals surface area contributed by atoms with Crippen molar-refractivity contribution in [1.29, 1.82) is 0 Å². The molecule has 0 aliphatic heterocycles. The third kappa shape index (κ3) is 1.93. The standard InChI is InChI=1S/C9H11N3S2/c1-2-4-10-9-8(11-14-12-9)7-3-5-13-6-7/h3,5-6H,2,4H2,1H3,(H,10,12). The highest BCUT2D eigenvalue weighted by molar-refractivity contribution is 7.08. The molecule has 0 radical (unpaired) electrons. The Morgan fingerprint density at radius 3 is 3.07 bits per heavy atom. The number of aromatic nitrogens is 2. The summed E-state index contributed by atoms with van der Waals surface area (Å²) in [6.45, 7) is 3.08. The Morgan fingerprint density at radius 1 is 1.43 bits per heavy atom. The van der Waals surface area contributed by atoms with E-state index < -0.39 is 0 Å². The zero-order valence-electron chi connectivity index (χ0n) is 7.86. The molecule has 2 aromatic rings. The summed E-state index contributed by atoms with van der Waals surface area (Å²) in [5.41, 5.74) is 2.13. The molecule has 0 amide bonds. The second-order valence-electron chi connectivity index (χ2n) is 2.90. The Bertz CT molecular complexity index is 380. The van der Waals surface area contributed by atoms with Crippen LogP contribution in [-0.4, -0.2) is 15.3 Å². The van der Waals surface area contributed by atoms with Crippen LogP contribution in [0.5, 0.6) is 0 Å². The van der Waals surface area contributed by atoms with Gasteiger partial charge >= 0.3 is 0 Å². The molecule has 0 aromatic carbocycles. The van der Waals surface area contributed by atoms with Crippen molar-refractivity contribution in [3.8, 4) is 11.3 Å². The smallest absolute Gasteiger partial charge is 0.168 e. The fourth-order valence-electron chi connectivity index (χ4n) is 1.14. The number of nitrogens with one attached hydrogen (secondary N) is 1. The molecule has 2 aromatic heterocycles. The average Bonchev–Trinajstić information content (AvgIpc) is 2.84. The first kappa shape index (κ1) is 9.61. The van der Waals surface area contributed by atoms with Crippen LogP contribution < -0.4 is 5.32 Å². The minimum Gasteiger partial charge on any atom is -0.367 e. The lowest BCUT2D eigenvalue weighted by molar-refractivity contribution is 0.974. The minimum absolute atomic E-state index is 0.912. The van der Waals surface area contributed by atoms with E-state index in [1.54, 1.807) is 11.3 Å². The van der Waals surface area contributed by atoms with Crippen LogP contribution in [0.4, 0.5) is 5.82 Å². The Labute approximate surface area is 91.1 Å². The molecule has 0 aliphatic rings. The normalized spacial score (nSPS) is 10.4. The van der Waals surface area contributed by atoms with E-state index in [1.807, 2.05) is 0 Å². The first-order valence-electron chi connectivity index (χ1n) is 4.51. The molecule has 2 rings (SSSR count). The maximum atomic E-state index is 4.29. The van der Waals surface area contributed by atoms with Gasteiger partial charge in [-0.15, -0.1) is 0 Å². The Balaban J connectivity index is 2.22. The molecule has 0 bridgehead atoms. The third-order valence-electron chi connectivity index (χ3n) is 1.83. The summed E-state index contributed by atoms with van der Waals surface area (Å²) in [7, 11) is 0. The molecule has 3 nitrogen and oxygen atoms in total. The van der Waals surface area contributed by atoms with Gasteiger partial charge in [0.15, 0.2) is 5.82 Å². The lowest BCUT2D eigenvalue weighted by Gasteiger charge is -2.00. The van der Waals surface area contributed by atoms with Gasteiger partial charge in [-0.1, -0.05) is 6.92 Å². The molecule has 0 fully saturated rings. The van der Waals surface area contributed by atoms with Crippen LogP contribution in [0.25, 0.3) is 11.3 Å². The first-order valence-corrected chi connectivity index (χ1v) is 6.18. The highest BCUT2D eigenvalue weighted by Crippen LogP contribution is 2.27. The van der Waals surface area contributed by atoms with Gasteiger partial charge in [-0.05, 0) is 17.9 Å². The van der Waals surface area contributed by atoms with Gasteiger partial charge in [-0.25, -0.2) is 0 Å². The molecule has 14 heavy (non-hydrogen) atoms. The Hall–Kier alpha value is -0.940. The van der Waals surface area contributed by atoms with E-state index >= 15 is 0 Å². The molecule has 0 spiro atoms. The summed E-state index contributed by atoms with van der Waals surface area (Å²) in [5, 5.41) is 7.42. The first-order chi connectivity index (χ1) is 6.92. The molecule has 1 N–H and O–H groups in total. The van der Waals surface area contributed by atoms with Crippen molar-refractivity contribution in [2.24, 2.45) is 0 Å². The van der Waals surface area contributed by atoms with Gasteiger partial charge in [0.25, 0.3) is 0 Å². The quantitative estimate of drug-likeness (QED) is 0.869. The fourth-order valence-corrected chi connectivity index (χ4v) is 2.32. The molecule has 0 aliphatic carbocycles. The van der Waals surface area contributed by atoms with Crippen molar-refractivity contribution in [2.45, 2.75) is 13.3 Å². The maximum Gasteiger partial charge on any atom is 0.168 e. The summed E-state index contributed by atoms with van der Waals surface area (Å²) in [5.74, 6) is 0.912. The van der Waals surface area contributed by atoms with Gasteiger partial charge in [0.1, 0.15) is 5.69 Å². The van der Waals surface area contributed by atoms with E-state index in [-0.39, 0.29) is 0 Å². The van der Waals surface area contributed by atoms with E-state index in [0.29, 0.717) is 0 Å². The van der Waals surface area contributed by atoms with E-state index in [1.165, 1.54) is 11.7 Å². The highest BCUT2D eigenvalue weighted by atomic mass is 32.1. The van der Waals surface area contributed by atoms with Crippen molar-refractivity contribution < 1.29 is 0 Å². The summed E-state index contributed by atoms with van der Waals surface area (Å²) >= 11 is 2.94. The molecule has 0 atom stereocenters. The molecule has 0 saturated carbocycles. The van der Waals surface area contributed by atoms with Gasteiger partial charge in [0.05, 0.1) is 11.7 Å². The van der Waals surface area contributed by atoms with Crippen LogP contribution in [0.3, 0.4) is 0 Å². The largest absolute Gasteiger partial charge is 0.367 e. The Kier molecular flexibility index (Phi) is 3.10. The highest BCUT2D eigenvalue weighted by Gasteiger charge is 2.09.